The van der Waals surface area contributed by atoms with Gasteiger partial charge in [-0.05, 0) is 36.4 Å². The number of aromatic nitrogens is 3. The summed E-state index contributed by atoms with van der Waals surface area (Å²) < 4.78 is 0. The van der Waals surface area contributed by atoms with Crippen molar-refractivity contribution in [3.8, 4) is 0 Å². The number of benzene rings is 1. The highest BCUT2D eigenvalue weighted by Gasteiger charge is 2.15. The zero-order chi connectivity index (χ0) is 14.5. The highest BCUT2D eigenvalue weighted by atomic mass is 35.5. The Kier molecular flexibility index (Phi) is 4.93. The van der Waals surface area contributed by atoms with Gasteiger partial charge in [0.25, 0.3) is 0 Å². The third-order valence-electron chi connectivity index (χ3n) is 3.43. The van der Waals surface area contributed by atoms with Gasteiger partial charge in [0.2, 0.25) is 11.2 Å². The van der Waals surface area contributed by atoms with Crippen molar-refractivity contribution in [2.24, 2.45) is 0 Å². The molecule has 1 aromatic carbocycles. The van der Waals surface area contributed by atoms with Crippen LogP contribution in [0.15, 0.2) is 35.5 Å². The summed E-state index contributed by atoms with van der Waals surface area (Å²) in [5, 5.41) is 0.973. The van der Waals surface area contributed by atoms with Gasteiger partial charge < -0.3 is 4.90 Å². The van der Waals surface area contributed by atoms with E-state index in [4.69, 9.17) is 11.6 Å². The van der Waals surface area contributed by atoms with Crippen LogP contribution in [0.25, 0.3) is 0 Å². The Labute approximate surface area is 134 Å². The van der Waals surface area contributed by atoms with E-state index in [2.05, 4.69) is 32.0 Å². The first-order valence-corrected chi connectivity index (χ1v) is 8.51. The van der Waals surface area contributed by atoms with Gasteiger partial charge in [-0.15, -0.1) is 0 Å². The summed E-state index contributed by atoms with van der Waals surface area (Å²) in [6.07, 6.45) is 3.66. The fourth-order valence-corrected chi connectivity index (χ4v) is 3.34. The number of piperidine rings is 1. The first-order valence-electron chi connectivity index (χ1n) is 7.14. The van der Waals surface area contributed by atoms with Crippen LogP contribution >= 0.6 is 23.4 Å². The predicted octanol–water partition coefficient (Wildman–Crippen LogP) is 3.81. The van der Waals surface area contributed by atoms with E-state index in [0.29, 0.717) is 11.1 Å². The maximum atomic E-state index is 6.05. The zero-order valence-electron chi connectivity index (χ0n) is 11.7. The molecule has 0 radical (unpaired) electrons. The normalized spacial score (nSPS) is 15.2. The molecule has 6 heteroatoms. The van der Waals surface area contributed by atoms with Gasteiger partial charge >= 0.3 is 0 Å². The minimum absolute atomic E-state index is 0.279. The molecular weight excluding hydrogens is 304 g/mol. The number of thioether (sulfide) groups is 1. The minimum atomic E-state index is 0.279. The van der Waals surface area contributed by atoms with E-state index in [1.54, 1.807) is 11.8 Å². The Morgan fingerprint density at radius 3 is 2.52 bits per heavy atom. The molecule has 0 spiro atoms. The minimum Gasteiger partial charge on any atom is -0.341 e. The monoisotopic (exact) mass is 320 g/mol. The topological polar surface area (TPSA) is 41.9 Å². The van der Waals surface area contributed by atoms with Gasteiger partial charge in [0.1, 0.15) is 0 Å². The van der Waals surface area contributed by atoms with E-state index >= 15 is 0 Å². The van der Waals surface area contributed by atoms with Crippen molar-refractivity contribution in [1.82, 2.24) is 15.0 Å². The van der Waals surface area contributed by atoms with Crippen LogP contribution < -0.4 is 4.90 Å². The van der Waals surface area contributed by atoms with Crippen molar-refractivity contribution in [3.63, 3.8) is 0 Å². The number of nitrogens with zero attached hydrogens (tertiary/aromatic N) is 4. The SMILES string of the molecule is Clc1nc(SCc2ccccc2)nc(N2CCCCC2)n1. The third kappa shape index (κ3) is 4.08. The molecule has 0 amide bonds. The van der Waals surface area contributed by atoms with E-state index in [1.807, 2.05) is 18.2 Å². The number of hydrogen-bond acceptors (Lipinski definition) is 5. The average Bonchev–Trinajstić information content (AvgIpc) is 2.54. The molecule has 1 saturated heterocycles. The molecule has 0 atom stereocenters. The smallest absolute Gasteiger partial charge is 0.230 e. The zero-order valence-corrected chi connectivity index (χ0v) is 13.3. The molecule has 3 rings (SSSR count). The van der Waals surface area contributed by atoms with Crippen molar-refractivity contribution in [2.45, 2.75) is 30.2 Å². The number of hydrogen-bond donors (Lipinski definition) is 0. The van der Waals surface area contributed by atoms with Gasteiger partial charge in [0.15, 0.2) is 5.16 Å². The van der Waals surface area contributed by atoms with Crippen molar-refractivity contribution in [3.05, 3.63) is 41.2 Å². The molecule has 2 aromatic rings. The number of halogens is 1. The van der Waals surface area contributed by atoms with Gasteiger partial charge in [0, 0.05) is 18.8 Å². The summed E-state index contributed by atoms with van der Waals surface area (Å²) in [5.74, 6) is 1.55. The van der Waals surface area contributed by atoms with Gasteiger partial charge in [-0.25, -0.2) is 0 Å². The molecule has 4 nitrogen and oxygen atoms in total. The second kappa shape index (κ2) is 7.09. The van der Waals surface area contributed by atoms with Crippen LogP contribution in [0.3, 0.4) is 0 Å². The molecular formula is C15H17ClN4S. The standard InChI is InChI=1S/C15H17ClN4S/c16-13-17-14(20-9-5-2-6-10-20)19-15(18-13)21-11-12-7-3-1-4-8-12/h1,3-4,7-8H,2,5-6,9-11H2. The average molecular weight is 321 g/mol. The van der Waals surface area contributed by atoms with Crippen LogP contribution in [-0.2, 0) is 5.75 Å². The summed E-state index contributed by atoms with van der Waals surface area (Å²) in [6, 6.07) is 10.3. The van der Waals surface area contributed by atoms with E-state index in [9.17, 15) is 0 Å². The van der Waals surface area contributed by atoms with Crippen LogP contribution in [0.4, 0.5) is 5.95 Å². The van der Waals surface area contributed by atoms with Crippen molar-refractivity contribution in [1.29, 1.82) is 0 Å². The number of rotatable bonds is 4. The molecule has 0 unspecified atom stereocenters. The summed E-state index contributed by atoms with van der Waals surface area (Å²) >= 11 is 7.64. The van der Waals surface area contributed by atoms with Crippen LogP contribution in [0.2, 0.25) is 5.28 Å². The fraction of sp³-hybridized carbons (Fsp3) is 0.400. The molecule has 1 aromatic heterocycles. The van der Waals surface area contributed by atoms with Crippen LogP contribution in [0.1, 0.15) is 24.8 Å². The van der Waals surface area contributed by atoms with Crippen molar-refractivity contribution in [2.75, 3.05) is 18.0 Å². The van der Waals surface area contributed by atoms with E-state index < -0.39 is 0 Å². The summed E-state index contributed by atoms with van der Waals surface area (Å²) in [4.78, 5) is 15.2. The Hall–Kier alpha value is -1.33. The van der Waals surface area contributed by atoms with E-state index in [-0.39, 0.29) is 5.28 Å². The fourth-order valence-electron chi connectivity index (χ4n) is 2.34. The Morgan fingerprint density at radius 2 is 1.76 bits per heavy atom. The Bertz CT molecular complexity index is 587. The summed E-state index contributed by atoms with van der Waals surface area (Å²) in [6.45, 7) is 2.01. The molecule has 0 bridgehead atoms. The maximum Gasteiger partial charge on any atom is 0.230 e. The molecule has 0 saturated carbocycles. The lowest BCUT2D eigenvalue weighted by Gasteiger charge is -2.26. The Balaban J connectivity index is 1.71. The van der Waals surface area contributed by atoms with Crippen molar-refractivity contribution < 1.29 is 0 Å². The first kappa shape index (κ1) is 14.6. The largest absolute Gasteiger partial charge is 0.341 e. The van der Waals surface area contributed by atoms with E-state index in [1.165, 1.54) is 24.8 Å². The predicted molar refractivity (Wildman–Crippen MR) is 86.9 cm³/mol. The second-order valence-electron chi connectivity index (χ2n) is 5.01. The molecule has 1 aliphatic heterocycles. The van der Waals surface area contributed by atoms with Crippen LogP contribution in [0.5, 0.6) is 0 Å². The lowest BCUT2D eigenvalue weighted by Crippen LogP contribution is -2.31. The molecule has 21 heavy (non-hydrogen) atoms. The highest BCUT2D eigenvalue weighted by Crippen LogP contribution is 2.23. The third-order valence-corrected chi connectivity index (χ3v) is 4.51. The Morgan fingerprint density at radius 1 is 1.00 bits per heavy atom. The molecule has 0 N–H and O–H groups in total. The molecule has 110 valence electrons. The van der Waals surface area contributed by atoms with Crippen LogP contribution in [0, 0.1) is 0 Å². The quantitative estimate of drug-likeness (QED) is 0.801. The second-order valence-corrected chi connectivity index (χ2v) is 6.29. The lowest BCUT2D eigenvalue weighted by atomic mass is 10.1. The molecule has 1 aliphatic rings. The number of anilines is 1. The van der Waals surface area contributed by atoms with Crippen molar-refractivity contribution >= 4 is 29.3 Å². The van der Waals surface area contributed by atoms with Crippen LogP contribution in [-0.4, -0.2) is 28.0 Å². The van der Waals surface area contributed by atoms with Gasteiger partial charge in [-0.1, -0.05) is 42.1 Å². The van der Waals surface area contributed by atoms with Gasteiger partial charge in [0.05, 0.1) is 0 Å². The molecule has 2 heterocycles. The first-order chi connectivity index (χ1) is 10.3. The summed E-state index contributed by atoms with van der Waals surface area (Å²) in [7, 11) is 0. The van der Waals surface area contributed by atoms with E-state index in [0.717, 1.165) is 18.8 Å². The highest BCUT2D eigenvalue weighted by molar-refractivity contribution is 7.98. The molecule has 1 fully saturated rings. The molecule has 0 aliphatic carbocycles. The van der Waals surface area contributed by atoms with Gasteiger partial charge in [-0.3, -0.25) is 0 Å². The maximum absolute atomic E-state index is 6.05. The van der Waals surface area contributed by atoms with Gasteiger partial charge in [-0.2, -0.15) is 15.0 Å². The lowest BCUT2D eigenvalue weighted by molar-refractivity contribution is 0.564. The summed E-state index contributed by atoms with van der Waals surface area (Å²) in [5.41, 5.74) is 1.25.